The topological polar surface area (TPSA) is 84.0 Å². The van der Waals surface area contributed by atoms with Gasteiger partial charge in [-0.3, -0.25) is 14.6 Å². The smallest absolute Gasteiger partial charge is 0.270 e. The largest absolute Gasteiger partial charge is 0.350 e. The van der Waals surface area contributed by atoms with Gasteiger partial charge >= 0.3 is 0 Å². The molecule has 126 valence electrons. The molecule has 2 heterocycles. The quantitative estimate of drug-likeness (QED) is 0.748. The molecule has 3 rings (SSSR count). The third-order valence-corrected chi connectivity index (χ3v) is 3.79. The zero-order valence-corrected chi connectivity index (χ0v) is 13.8. The van der Waals surface area contributed by atoms with Crippen LogP contribution in [0.4, 0.5) is 0 Å². The Morgan fingerprint density at radius 3 is 2.60 bits per heavy atom. The minimum Gasteiger partial charge on any atom is -0.350 e. The standard InChI is InChI=1S/C19H18N4O2/c1-13(18(24)21-12-14-8-10-20-11-9-14)22-19(25)17-7-6-15-4-2-3-5-16(15)23-17/h2-11,13H,12H2,1H3,(H,21,24)(H,22,25)/t13-/m0/s1. The Morgan fingerprint density at radius 1 is 1.04 bits per heavy atom. The third-order valence-electron chi connectivity index (χ3n) is 3.79. The normalized spacial score (nSPS) is 11.7. The maximum absolute atomic E-state index is 12.3. The number of benzene rings is 1. The van der Waals surface area contributed by atoms with Crippen molar-refractivity contribution in [1.82, 2.24) is 20.6 Å². The first-order chi connectivity index (χ1) is 12.1. The van der Waals surface area contributed by atoms with Crippen LogP contribution in [0, 0.1) is 0 Å². The molecule has 0 bridgehead atoms. The van der Waals surface area contributed by atoms with Crippen LogP contribution in [0.1, 0.15) is 23.0 Å². The molecule has 0 aliphatic heterocycles. The fraction of sp³-hybridized carbons (Fsp3) is 0.158. The molecule has 2 amide bonds. The minimum atomic E-state index is -0.664. The number of rotatable bonds is 5. The molecule has 0 unspecified atom stereocenters. The van der Waals surface area contributed by atoms with E-state index in [1.807, 2.05) is 42.5 Å². The second-order valence-electron chi connectivity index (χ2n) is 5.66. The van der Waals surface area contributed by atoms with E-state index in [1.165, 1.54) is 0 Å². The number of nitrogens with zero attached hydrogens (tertiary/aromatic N) is 2. The molecule has 0 radical (unpaired) electrons. The first-order valence-electron chi connectivity index (χ1n) is 7.97. The van der Waals surface area contributed by atoms with Gasteiger partial charge in [-0.15, -0.1) is 0 Å². The second-order valence-corrected chi connectivity index (χ2v) is 5.66. The molecule has 0 saturated heterocycles. The van der Waals surface area contributed by atoms with Crippen molar-refractivity contribution in [3.63, 3.8) is 0 Å². The van der Waals surface area contributed by atoms with E-state index in [2.05, 4.69) is 20.6 Å². The molecule has 1 aromatic carbocycles. The number of pyridine rings is 2. The lowest BCUT2D eigenvalue weighted by Gasteiger charge is -2.14. The number of carbonyl (C=O) groups is 2. The number of carbonyl (C=O) groups excluding carboxylic acids is 2. The first-order valence-corrected chi connectivity index (χ1v) is 7.97. The van der Waals surface area contributed by atoms with Crippen molar-refractivity contribution in [3.8, 4) is 0 Å². The molecular formula is C19H18N4O2. The van der Waals surface area contributed by atoms with E-state index >= 15 is 0 Å². The molecule has 3 aromatic rings. The lowest BCUT2D eigenvalue weighted by Crippen LogP contribution is -2.44. The summed E-state index contributed by atoms with van der Waals surface area (Å²) in [6, 6.07) is 14.0. The van der Waals surface area contributed by atoms with Crippen molar-refractivity contribution in [1.29, 1.82) is 0 Å². The Kier molecular flexibility index (Phi) is 4.99. The second kappa shape index (κ2) is 7.53. The monoisotopic (exact) mass is 334 g/mol. The summed E-state index contributed by atoms with van der Waals surface area (Å²) in [6.07, 6.45) is 3.33. The molecule has 6 heteroatoms. The molecule has 0 spiro atoms. The summed E-state index contributed by atoms with van der Waals surface area (Å²) < 4.78 is 0. The van der Waals surface area contributed by atoms with E-state index in [-0.39, 0.29) is 17.5 Å². The molecule has 2 aromatic heterocycles. The Labute approximate surface area is 145 Å². The van der Waals surface area contributed by atoms with Gasteiger partial charge in [-0.05, 0) is 36.8 Å². The van der Waals surface area contributed by atoms with Crippen molar-refractivity contribution in [2.45, 2.75) is 19.5 Å². The summed E-state index contributed by atoms with van der Waals surface area (Å²) in [7, 11) is 0. The van der Waals surface area contributed by atoms with Gasteiger partial charge in [0.1, 0.15) is 11.7 Å². The Bertz CT molecular complexity index is 896. The summed E-state index contributed by atoms with van der Waals surface area (Å²) in [5, 5.41) is 6.41. The molecule has 1 atom stereocenters. The average molecular weight is 334 g/mol. The average Bonchev–Trinajstić information content (AvgIpc) is 2.66. The highest BCUT2D eigenvalue weighted by atomic mass is 16.2. The molecule has 0 aliphatic rings. The van der Waals surface area contributed by atoms with E-state index in [0.717, 1.165) is 16.5 Å². The predicted molar refractivity (Wildman–Crippen MR) is 94.8 cm³/mol. The predicted octanol–water partition coefficient (Wildman–Crippen LogP) is 2.06. The van der Waals surface area contributed by atoms with E-state index in [0.29, 0.717) is 6.54 Å². The lowest BCUT2D eigenvalue weighted by atomic mass is 10.2. The van der Waals surface area contributed by atoms with Crippen LogP contribution in [-0.4, -0.2) is 27.8 Å². The van der Waals surface area contributed by atoms with Crippen molar-refractivity contribution in [2.75, 3.05) is 0 Å². The van der Waals surface area contributed by atoms with E-state index in [1.54, 1.807) is 25.4 Å². The van der Waals surface area contributed by atoms with Crippen LogP contribution in [0.25, 0.3) is 10.9 Å². The van der Waals surface area contributed by atoms with Gasteiger partial charge in [-0.1, -0.05) is 24.3 Å². The van der Waals surface area contributed by atoms with Crippen LogP contribution in [0.15, 0.2) is 60.9 Å². The lowest BCUT2D eigenvalue weighted by molar-refractivity contribution is -0.122. The number of para-hydroxylation sites is 1. The van der Waals surface area contributed by atoms with Gasteiger partial charge in [0.25, 0.3) is 5.91 Å². The summed E-state index contributed by atoms with van der Waals surface area (Å²) in [6.45, 7) is 2.02. The van der Waals surface area contributed by atoms with Crippen LogP contribution in [0.2, 0.25) is 0 Å². The zero-order chi connectivity index (χ0) is 17.6. The fourth-order valence-corrected chi connectivity index (χ4v) is 2.37. The van der Waals surface area contributed by atoms with Gasteiger partial charge < -0.3 is 10.6 Å². The first kappa shape index (κ1) is 16.6. The van der Waals surface area contributed by atoms with Crippen LogP contribution < -0.4 is 10.6 Å². The van der Waals surface area contributed by atoms with Crippen molar-refractivity contribution < 1.29 is 9.59 Å². The van der Waals surface area contributed by atoms with E-state index in [4.69, 9.17) is 0 Å². The summed E-state index contributed by atoms with van der Waals surface area (Å²) >= 11 is 0. The van der Waals surface area contributed by atoms with Gasteiger partial charge in [0, 0.05) is 24.3 Å². The number of hydrogen-bond acceptors (Lipinski definition) is 4. The molecule has 0 saturated carbocycles. The van der Waals surface area contributed by atoms with Gasteiger partial charge in [-0.2, -0.15) is 0 Å². The van der Waals surface area contributed by atoms with Crippen molar-refractivity contribution >= 4 is 22.7 Å². The van der Waals surface area contributed by atoms with Crippen LogP contribution >= 0.6 is 0 Å². The van der Waals surface area contributed by atoms with E-state index in [9.17, 15) is 9.59 Å². The number of fused-ring (bicyclic) bond motifs is 1. The number of hydrogen-bond donors (Lipinski definition) is 2. The fourth-order valence-electron chi connectivity index (χ4n) is 2.37. The molecule has 0 fully saturated rings. The van der Waals surface area contributed by atoms with Crippen LogP contribution in [0.5, 0.6) is 0 Å². The summed E-state index contributed by atoms with van der Waals surface area (Å²) in [4.78, 5) is 32.7. The summed E-state index contributed by atoms with van der Waals surface area (Å²) in [5.74, 6) is -0.636. The highest BCUT2D eigenvalue weighted by molar-refractivity contribution is 5.97. The van der Waals surface area contributed by atoms with Crippen LogP contribution in [-0.2, 0) is 11.3 Å². The van der Waals surface area contributed by atoms with E-state index < -0.39 is 6.04 Å². The maximum Gasteiger partial charge on any atom is 0.270 e. The molecule has 25 heavy (non-hydrogen) atoms. The number of nitrogens with one attached hydrogen (secondary N) is 2. The molecular weight excluding hydrogens is 316 g/mol. The number of aromatic nitrogens is 2. The highest BCUT2D eigenvalue weighted by Gasteiger charge is 2.17. The number of amides is 2. The Balaban J connectivity index is 1.59. The SMILES string of the molecule is C[C@H](NC(=O)c1ccc2ccccc2n1)C(=O)NCc1ccncc1. The minimum absolute atomic E-state index is 0.258. The maximum atomic E-state index is 12.3. The zero-order valence-electron chi connectivity index (χ0n) is 13.8. The van der Waals surface area contributed by atoms with Gasteiger partial charge in [0.15, 0.2) is 0 Å². The Hall–Kier alpha value is -3.28. The van der Waals surface area contributed by atoms with Crippen LogP contribution in [0.3, 0.4) is 0 Å². The molecule has 6 nitrogen and oxygen atoms in total. The summed E-state index contributed by atoms with van der Waals surface area (Å²) in [5.41, 5.74) is 1.97. The van der Waals surface area contributed by atoms with Crippen molar-refractivity contribution in [3.05, 3.63) is 72.2 Å². The van der Waals surface area contributed by atoms with Gasteiger partial charge in [0.05, 0.1) is 5.52 Å². The van der Waals surface area contributed by atoms with Gasteiger partial charge in [-0.25, -0.2) is 4.98 Å². The molecule has 0 aliphatic carbocycles. The highest BCUT2D eigenvalue weighted by Crippen LogP contribution is 2.11. The van der Waals surface area contributed by atoms with Crippen molar-refractivity contribution in [2.24, 2.45) is 0 Å². The Morgan fingerprint density at radius 2 is 1.80 bits per heavy atom. The third kappa shape index (κ3) is 4.17. The van der Waals surface area contributed by atoms with Gasteiger partial charge in [0.2, 0.25) is 5.91 Å². The molecule has 2 N–H and O–H groups in total.